The summed E-state index contributed by atoms with van der Waals surface area (Å²) in [5.41, 5.74) is 4.66. The van der Waals surface area contributed by atoms with E-state index in [1.165, 1.54) is 26.5 Å². The van der Waals surface area contributed by atoms with E-state index in [4.69, 9.17) is 9.47 Å². The summed E-state index contributed by atoms with van der Waals surface area (Å²) >= 11 is 0. The molecule has 8 nitrogen and oxygen atoms in total. The van der Waals surface area contributed by atoms with Crippen LogP contribution in [0.15, 0.2) is 77.5 Å². The molecule has 0 aliphatic heterocycles. The summed E-state index contributed by atoms with van der Waals surface area (Å²) < 4.78 is 10.6. The van der Waals surface area contributed by atoms with Gasteiger partial charge in [0.2, 0.25) is 0 Å². The van der Waals surface area contributed by atoms with Crippen molar-refractivity contribution in [3.63, 3.8) is 0 Å². The number of rotatable bonds is 8. The first-order valence-electron chi connectivity index (χ1n) is 10.3. The van der Waals surface area contributed by atoms with Gasteiger partial charge in [-0.05, 0) is 60.5 Å². The molecule has 0 radical (unpaired) electrons. The van der Waals surface area contributed by atoms with Gasteiger partial charge in [-0.2, -0.15) is 5.10 Å². The molecule has 3 aromatic rings. The number of hydrogen-bond donors (Lipinski definition) is 3. The first-order valence-corrected chi connectivity index (χ1v) is 10.3. The SMILES string of the molecule is COc1ccc(/C=C(\NC(=O)c2ccccc2)C(=O)N/N=C/c2ccc(C)cc2O)cc1OC. The lowest BCUT2D eigenvalue weighted by Crippen LogP contribution is -2.32. The van der Waals surface area contributed by atoms with Crippen molar-refractivity contribution in [1.82, 2.24) is 10.7 Å². The lowest BCUT2D eigenvalue weighted by atomic mass is 10.1. The predicted octanol–water partition coefficient (Wildman–Crippen LogP) is 3.64. The molecule has 3 rings (SSSR count). The van der Waals surface area contributed by atoms with E-state index in [0.29, 0.717) is 28.2 Å². The fraction of sp³-hybridized carbons (Fsp3) is 0.115. The Morgan fingerprint density at radius 2 is 1.68 bits per heavy atom. The average Bonchev–Trinajstić information content (AvgIpc) is 2.85. The summed E-state index contributed by atoms with van der Waals surface area (Å²) in [5.74, 6) is -0.0687. The van der Waals surface area contributed by atoms with E-state index in [1.54, 1.807) is 60.7 Å². The number of phenols is 1. The smallest absolute Gasteiger partial charge is 0.287 e. The monoisotopic (exact) mass is 459 g/mol. The number of nitrogens with zero attached hydrogens (tertiary/aromatic N) is 1. The third-order valence-corrected chi connectivity index (χ3v) is 4.80. The van der Waals surface area contributed by atoms with E-state index in [2.05, 4.69) is 15.8 Å². The van der Waals surface area contributed by atoms with Crippen molar-refractivity contribution in [2.75, 3.05) is 14.2 Å². The lowest BCUT2D eigenvalue weighted by Gasteiger charge is -2.11. The number of hydrogen-bond acceptors (Lipinski definition) is 6. The zero-order valence-electron chi connectivity index (χ0n) is 19.0. The van der Waals surface area contributed by atoms with Crippen LogP contribution in [0.25, 0.3) is 6.08 Å². The highest BCUT2D eigenvalue weighted by Gasteiger charge is 2.15. The highest BCUT2D eigenvalue weighted by molar-refractivity contribution is 6.05. The van der Waals surface area contributed by atoms with Crippen molar-refractivity contribution >= 4 is 24.1 Å². The van der Waals surface area contributed by atoms with Crippen LogP contribution in [-0.4, -0.2) is 37.4 Å². The number of aromatic hydroxyl groups is 1. The Kier molecular flexibility index (Phi) is 8.02. The van der Waals surface area contributed by atoms with Gasteiger partial charge in [-0.1, -0.05) is 30.3 Å². The number of hydrazone groups is 1. The molecule has 0 saturated heterocycles. The van der Waals surface area contributed by atoms with Gasteiger partial charge in [0.05, 0.1) is 20.4 Å². The topological polar surface area (TPSA) is 109 Å². The van der Waals surface area contributed by atoms with Crippen molar-refractivity contribution in [2.45, 2.75) is 6.92 Å². The van der Waals surface area contributed by atoms with Gasteiger partial charge in [0.25, 0.3) is 11.8 Å². The third-order valence-electron chi connectivity index (χ3n) is 4.80. The molecule has 0 spiro atoms. The maximum Gasteiger partial charge on any atom is 0.287 e. The number of amides is 2. The van der Waals surface area contributed by atoms with E-state index in [1.807, 2.05) is 13.0 Å². The summed E-state index contributed by atoms with van der Waals surface area (Å²) in [4.78, 5) is 25.6. The number of aryl methyl sites for hydroxylation is 1. The second kappa shape index (κ2) is 11.3. The number of methoxy groups -OCH3 is 2. The van der Waals surface area contributed by atoms with Crippen LogP contribution in [0.4, 0.5) is 0 Å². The van der Waals surface area contributed by atoms with E-state index in [0.717, 1.165) is 5.56 Å². The van der Waals surface area contributed by atoms with Crippen LogP contribution in [-0.2, 0) is 4.79 Å². The molecule has 0 atom stereocenters. The molecule has 3 N–H and O–H groups in total. The predicted molar refractivity (Wildman–Crippen MR) is 130 cm³/mol. The van der Waals surface area contributed by atoms with Gasteiger partial charge in [0.1, 0.15) is 11.4 Å². The Morgan fingerprint density at radius 3 is 2.35 bits per heavy atom. The maximum absolute atomic E-state index is 12.9. The largest absolute Gasteiger partial charge is 0.507 e. The number of ether oxygens (including phenoxy) is 2. The normalized spacial score (nSPS) is 11.2. The van der Waals surface area contributed by atoms with Gasteiger partial charge >= 0.3 is 0 Å². The van der Waals surface area contributed by atoms with E-state index in [-0.39, 0.29) is 11.4 Å². The van der Waals surface area contributed by atoms with Crippen LogP contribution in [0.5, 0.6) is 17.2 Å². The Labute approximate surface area is 197 Å². The van der Waals surface area contributed by atoms with E-state index >= 15 is 0 Å². The van der Waals surface area contributed by atoms with E-state index < -0.39 is 11.8 Å². The van der Waals surface area contributed by atoms with Crippen molar-refractivity contribution in [3.05, 3.63) is 94.7 Å². The second-order valence-corrected chi connectivity index (χ2v) is 7.25. The Hall–Kier alpha value is -4.59. The highest BCUT2D eigenvalue weighted by atomic mass is 16.5. The molecule has 174 valence electrons. The molecule has 0 saturated carbocycles. The van der Waals surface area contributed by atoms with Gasteiger partial charge in [-0.25, -0.2) is 5.43 Å². The van der Waals surface area contributed by atoms with Crippen LogP contribution in [0.1, 0.15) is 27.0 Å². The Balaban J connectivity index is 1.87. The van der Waals surface area contributed by atoms with Crippen LogP contribution in [0, 0.1) is 6.92 Å². The van der Waals surface area contributed by atoms with E-state index in [9.17, 15) is 14.7 Å². The molecule has 0 unspecified atom stereocenters. The minimum atomic E-state index is -0.651. The van der Waals surface area contributed by atoms with Gasteiger partial charge in [-0.15, -0.1) is 0 Å². The minimum absolute atomic E-state index is 0.0358. The Morgan fingerprint density at radius 1 is 0.941 bits per heavy atom. The molecule has 0 bridgehead atoms. The Bertz CT molecular complexity index is 1240. The molecule has 0 fully saturated rings. The van der Waals surface area contributed by atoms with Gasteiger partial charge in [0, 0.05) is 11.1 Å². The van der Waals surface area contributed by atoms with Gasteiger partial charge < -0.3 is 19.9 Å². The molecule has 0 aromatic heterocycles. The summed E-state index contributed by atoms with van der Waals surface area (Å²) in [6, 6.07) is 18.7. The molecule has 0 heterocycles. The number of carbonyl (C=O) groups is 2. The standard InChI is InChI=1S/C26H25N3O5/c1-17-9-11-20(22(30)13-17)16-27-29-26(32)21(28-25(31)19-7-5-4-6-8-19)14-18-10-12-23(33-2)24(15-18)34-3/h4-16,30H,1-3H3,(H,28,31)(H,29,32)/b21-14-,27-16+. The summed E-state index contributed by atoms with van der Waals surface area (Å²) in [5, 5.41) is 16.5. The van der Waals surface area contributed by atoms with Gasteiger partial charge in [-0.3, -0.25) is 9.59 Å². The minimum Gasteiger partial charge on any atom is -0.507 e. The van der Waals surface area contributed by atoms with Crippen molar-refractivity contribution < 1.29 is 24.2 Å². The van der Waals surface area contributed by atoms with Crippen molar-refractivity contribution in [3.8, 4) is 17.2 Å². The highest BCUT2D eigenvalue weighted by Crippen LogP contribution is 2.28. The van der Waals surface area contributed by atoms with Crippen LogP contribution in [0.2, 0.25) is 0 Å². The number of nitrogens with one attached hydrogen (secondary N) is 2. The van der Waals surface area contributed by atoms with Crippen LogP contribution in [0.3, 0.4) is 0 Å². The second-order valence-electron chi connectivity index (χ2n) is 7.25. The number of carbonyl (C=O) groups excluding carboxylic acids is 2. The zero-order chi connectivity index (χ0) is 24.5. The fourth-order valence-electron chi connectivity index (χ4n) is 3.04. The van der Waals surface area contributed by atoms with Gasteiger partial charge in [0.15, 0.2) is 11.5 Å². The fourth-order valence-corrected chi connectivity index (χ4v) is 3.04. The summed E-state index contributed by atoms with van der Waals surface area (Å²) in [6.45, 7) is 1.85. The molecule has 3 aromatic carbocycles. The van der Waals surface area contributed by atoms with Crippen LogP contribution < -0.4 is 20.2 Å². The zero-order valence-corrected chi connectivity index (χ0v) is 19.0. The lowest BCUT2D eigenvalue weighted by molar-refractivity contribution is -0.117. The molecule has 0 aliphatic carbocycles. The van der Waals surface area contributed by atoms with Crippen molar-refractivity contribution in [1.29, 1.82) is 0 Å². The molecule has 0 aliphatic rings. The third kappa shape index (κ3) is 6.23. The average molecular weight is 460 g/mol. The molecular weight excluding hydrogens is 434 g/mol. The molecular formula is C26H25N3O5. The molecule has 8 heteroatoms. The summed E-state index contributed by atoms with van der Waals surface area (Å²) in [7, 11) is 3.03. The summed E-state index contributed by atoms with van der Waals surface area (Å²) in [6.07, 6.45) is 2.82. The number of benzene rings is 3. The quantitative estimate of drug-likeness (QED) is 0.271. The molecule has 2 amide bonds. The maximum atomic E-state index is 12.9. The first-order chi connectivity index (χ1) is 16.4. The van der Waals surface area contributed by atoms with Crippen molar-refractivity contribution in [2.24, 2.45) is 5.10 Å². The van der Waals surface area contributed by atoms with Crippen LogP contribution >= 0.6 is 0 Å². The first kappa shape index (κ1) is 24.1. The molecule has 34 heavy (non-hydrogen) atoms. The number of phenolic OH excluding ortho intramolecular Hbond substituents is 1.